The molecule has 0 spiro atoms. The molecule has 0 atom stereocenters. The first-order chi connectivity index (χ1) is 24.3. The van der Waals surface area contributed by atoms with Gasteiger partial charge in [0.2, 0.25) is 0 Å². The molecule has 0 radical (unpaired) electrons. The van der Waals surface area contributed by atoms with Crippen LogP contribution in [0.15, 0.2) is 120 Å². The van der Waals surface area contributed by atoms with Gasteiger partial charge >= 0.3 is 0 Å². The molecule has 0 N–H and O–H groups in total. The highest BCUT2D eigenvalue weighted by atomic mass is 16.3. The number of hydrogen-bond donors (Lipinski definition) is 0. The van der Waals surface area contributed by atoms with Crippen LogP contribution in [0.25, 0.3) is 87.6 Å². The Balaban J connectivity index is 1.28. The quantitative estimate of drug-likeness (QED) is 0.196. The Morgan fingerprint density at radius 3 is 1.34 bits per heavy atom. The second-order valence-electron chi connectivity index (χ2n) is 14.2. The Hall–Kier alpha value is -5.21. The van der Waals surface area contributed by atoms with E-state index in [1.54, 1.807) is 0 Å². The molecular formula is C42H33B7O. The lowest BCUT2D eigenvalue weighted by Gasteiger charge is -2.24. The highest BCUT2D eigenvalue weighted by Gasteiger charge is 2.21. The fourth-order valence-corrected chi connectivity index (χ4v) is 8.94. The van der Waals surface area contributed by atoms with Crippen LogP contribution in [-0.4, -0.2) is 54.9 Å². The van der Waals surface area contributed by atoms with Gasteiger partial charge in [-0.15, -0.1) is 10.9 Å². The van der Waals surface area contributed by atoms with Crippen molar-refractivity contribution in [3.8, 4) is 33.4 Å². The monoisotopic (exact) mass is 630 g/mol. The van der Waals surface area contributed by atoms with Gasteiger partial charge in [-0.05, 0) is 60.6 Å². The Morgan fingerprint density at radius 1 is 0.320 bits per heavy atom. The van der Waals surface area contributed by atoms with E-state index in [1.807, 2.05) is 6.07 Å². The molecule has 8 aromatic carbocycles. The molecule has 0 fully saturated rings. The summed E-state index contributed by atoms with van der Waals surface area (Å²) in [6.07, 6.45) is 0. The molecule has 9 rings (SSSR count). The van der Waals surface area contributed by atoms with Crippen LogP contribution in [0.2, 0.25) is 0 Å². The normalized spacial score (nSPS) is 11.8. The predicted octanol–water partition coefficient (Wildman–Crippen LogP) is -0.145. The molecule has 228 valence electrons. The SMILES string of the molecule is Bc1c(B)c(B)c2c(B)c(-c3ccc(-c4c5ccccc5c(-c5cccc6c5oc5ccccc56)c5ccccc45)cc3)c(B)c(B)c2c1B. The molecule has 0 aliphatic carbocycles. The third kappa shape index (κ3) is 4.30. The third-order valence-electron chi connectivity index (χ3n) is 11.8. The summed E-state index contributed by atoms with van der Waals surface area (Å²) in [7, 11) is 16.1. The molecule has 0 saturated heterocycles. The zero-order valence-electron chi connectivity index (χ0n) is 29.9. The lowest BCUT2D eigenvalue weighted by Crippen LogP contribution is -2.52. The van der Waals surface area contributed by atoms with E-state index in [0.29, 0.717) is 0 Å². The van der Waals surface area contributed by atoms with Crippen molar-refractivity contribution in [2.75, 3.05) is 0 Å². The zero-order chi connectivity index (χ0) is 34.4. The van der Waals surface area contributed by atoms with Crippen LogP contribution < -0.4 is 38.2 Å². The van der Waals surface area contributed by atoms with Gasteiger partial charge in [0.15, 0.2) is 0 Å². The molecular weight excluding hydrogens is 596 g/mol. The number of para-hydroxylation sites is 2. The number of furan rings is 1. The van der Waals surface area contributed by atoms with Gasteiger partial charge in [-0.2, -0.15) is 0 Å². The average Bonchev–Trinajstić information content (AvgIpc) is 3.53. The molecule has 9 aromatic rings. The van der Waals surface area contributed by atoms with E-state index in [2.05, 4.69) is 164 Å². The molecule has 8 heteroatoms. The van der Waals surface area contributed by atoms with Gasteiger partial charge < -0.3 is 4.42 Å². The van der Waals surface area contributed by atoms with Crippen LogP contribution in [0, 0.1) is 0 Å². The molecule has 0 amide bonds. The highest BCUT2D eigenvalue weighted by molar-refractivity contribution is 6.72. The van der Waals surface area contributed by atoms with Crippen LogP contribution in [0.1, 0.15) is 0 Å². The number of rotatable bonds is 3. The van der Waals surface area contributed by atoms with Crippen molar-refractivity contribution in [1.29, 1.82) is 0 Å². The van der Waals surface area contributed by atoms with Crippen LogP contribution >= 0.6 is 0 Å². The maximum absolute atomic E-state index is 6.59. The zero-order valence-corrected chi connectivity index (χ0v) is 29.9. The van der Waals surface area contributed by atoms with Crippen molar-refractivity contribution in [2.24, 2.45) is 0 Å². The van der Waals surface area contributed by atoms with Gasteiger partial charge in [-0.1, -0.05) is 137 Å². The molecule has 1 heterocycles. The minimum atomic E-state index is 0.919. The fraction of sp³-hybridized carbons (Fsp3) is 0. The van der Waals surface area contributed by atoms with E-state index < -0.39 is 0 Å². The second kappa shape index (κ2) is 11.4. The molecule has 1 nitrogen and oxygen atoms in total. The van der Waals surface area contributed by atoms with Gasteiger partial charge in [-0.3, -0.25) is 0 Å². The molecule has 0 aliphatic heterocycles. The van der Waals surface area contributed by atoms with Crippen LogP contribution in [-0.2, 0) is 0 Å². The lowest BCUT2D eigenvalue weighted by molar-refractivity contribution is 0.670. The lowest BCUT2D eigenvalue weighted by atomic mass is 9.58. The first-order valence-electron chi connectivity index (χ1n) is 17.7. The summed E-state index contributed by atoms with van der Waals surface area (Å²) in [5.41, 5.74) is 19.1. The Morgan fingerprint density at radius 2 is 0.760 bits per heavy atom. The highest BCUT2D eigenvalue weighted by Crippen LogP contribution is 2.46. The summed E-state index contributed by atoms with van der Waals surface area (Å²) in [6.45, 7) is 0. The van der Waals surface area contributed by atoms with E-state index in [0.717, 1.165) is 27.5 Å². The van der Waals surface area contributed by atoms with E-state index in [4.69, 9.17) is 4.42 Å². The molecule has 0 unspecified atom stereocenters. The van der Waals surface area contributed by atoms with Crippen molar-refractivity contribution < 1.29 is 4.42 Å². The standard InChI is InChI=1S/C42H33B7O/c43-35-31(36(44)37(45)34-33(35)38(46)40(48)41(49)39(34)47)21-18-16-20(17-19-21)30-23-9-1-3-11-25(23)32(26-12-4-2-10-24(26)30)28-14-7-13-27-22-8-5-6-15-29(22)50-42(27)28/h1-19H,43-49H2. The van der Waals surface area contributed by atoms with Gasteiger partial charge in [-0.25, -0.2) is 0 Å². The number of fused-ring (bicyclic) bond motifs is 6. The maximum atomic E-state index is 6.59. The molecule has 50 heavy (non-hydrogen) atoms. The maximum Gasteiger partial charge on any atom is 0.143 e. The fourth-order valence-electron chi connectivity index (χ4n) is 8.94. The van der Waals surface area contributed by atoms with E-state index in [1.165, 1.54) is 98.4 Å². The predicted molar refractivity (Wildman–Crippen MR) is 240 cm³/mol. The summed E-state index contributed by atoms with van der Waals surface area (Å²) in [4.78, 5) is 0. The molecule has 1 aromatic heterocycles. The molecule has 0 bridgehead atoms. The second-order valence-corrected chi connectivity index (χ2v) is 14.2. The third-order valence-corrected chi connectivity index (χ3v) is 11.8. The number of hydrogen-bond acceptors (Lipinski definition) is 1. The largest absolute Gasteiger partial charge is 0.455 e. The van der Waals surface area contributed by atoms with Crippen LogP contribution in [0.5, 0.6) is 0 Å². The van der Waals surface area contributed by atoms with Crippen molar-refractivity contribution in [3.63, 3.8) is 0 Å². The first kappa shape index (κ1) is 30.8. The minimum absolute atomic E-state index is 0.919. The minimum Gasteiger partial charge on any atom is -0.455 e. The number of benzene rings is 8. The Bertz CT molecular complexity index is 2830. The smallest absolute Gasteiger partial charge is 0.143 e. The topological polar surface area (TPSA) is 13.1 Å². The summed E-state index contributed by atoms with van der Waals surface area (Å²) in [5.74, 6) is 0. The van der Waals surface area contributed by atoms with Crippen molar-refractivity contribution in [3.05, 3.63) is 115 Å². The van der Waals surface area contributed by atoms with E-state index in [-0.39, 0.29) is 0 Å². The summed E-state index contributed by atoms with van der Waals surface area (Å²) < 4.78 is 6.59. The van der Waals surface area contributed by atoms with Gasteiger partial charge in [0.25, 0.3) is 0 Å². The van der Waals surface area contributed by atoms with Gasteiger partial charge in [0.1, 0.15) is 66.1 Å². The van der Waals surface area contributed by atoms with Crippen LogP contribution in [0.4, 0.5) is 0 Å². The summed E-state index contributed by atoms with van der Waals surface area (Å²) in [5, 5.41) is 10.1. The molecule has 0 aliphatic rings. The first-order valence-corrected chi connectivity index (χ1v) is 17.7. The Kier molecular flexibility index (Phi) is 7.04. The van der Waals surface area contributed by atoms with E-state index >= 15 is 0 Å². The van der Waals surface area contributed by atoms with Crippen molar-refractivity contribution in [2.45, 2.75) is 0 Å². The van der Waals surface area contributed by atoms with Gasteiger partial charge in [0.05, 0.1) is 0 Å². The average molecular weight is 629 g/mol. The molecule has 0 saturated carbocycles. The summed E-state index contributed by atoms with van der Waals surface area (Å²) in [6, 6.07) is 42.0. The van der Waals surface area contributed by atoms with Crippen molar-refractivity contribution >= 4 is 147 Å². The Labute approximate surface area is 299 Å². The van der Waals surface area contributed by atoms with E-state index in [9.17, 15) is 0 Å². The van der Waals surface area contributed by atoms with Gasteiger partial charge in [0, 0.05) is 21.9 Å². The van der Waals surface area contributed by atoms with Crippen molar-refractivity contribution in [1.82, 2.24) is 0 Å². The summed E-state index contributed by atoms with van der Waals surface area (Å²) >= 11 is 0. The van der Waals surface area contributed by atoms with Crippen LogP contribution in [0.3, 0.4) is 0 Å².